The molecule has 0 saturated carbocycles. The molecule has 1 unspecified atom stereocenters. The number of carbonyl (C=O) groups excluding carboxylic acids is 3. The van der Waals surface area contributed by atoms with Crippen molar-refractivity contribution >= 4 is 23.4 Å². The third kappa shape index (κ3) is 4.87. The molecule has 222 valence electrons. The van der Waals surface area contributed by atoms with Crippen LogP contribution in [0.3, 0.4) is 0 Å². The summed E-state index contributed by atoms with van der Waals surface area (Å²) in [4.78, 5) is 48.3. The highest BCUT2D eigenvalue weighted by Crippen LogP contribution is 2.54. The van der Waals surface area contributed by atoms with E-state index in [1.807, 2.05) is 90.1 Å². The quantitative estimate of drug-likeness (QED) is 0.510. The molecule has 0 radical (unpaired) electrons. The molecule has 9 heteroatoms. The Morgan fingerprint density at radius 3 is 2.37 bits per heavy atom. The Morgan fingerprint density at radius 2 is 1.76 bits per heavy atom. The van der Waals surface area contributed by atoms with Crippen LogP contribution in [0, 0.1) is 17.8 Å². The largest absolute Gasteiger partial charge is 0.494 e. The summed E-state index contributed by atoms with van der Waals surface area (Å²) >= 11 is 0. The minimum atomic E-state index is -1.32. The number of hydrogen-bond acceptors (Lipinski definition) is 6. The molecule has 6 atom stereocenters. The van der Waals surface area contributed by atoms with Gasteiger partial charge < -0.3 is 29.3 Å². The molecule has 1 N–H and O–H groups in total. The number of aliphatic hydroxyl groups excluding tert-OH is 1. The molecule has 5 rings (SSSR count). The van der Waals surface area contributed by atoms with Crippen LogP contribution in [-0.4, -0.2) is 88.3 Å². The van der Waals surface area contributed by atoms with Crippen LogP contribution >= 0.6 is 0 Å². The molecule has 0 aliphatic carbocycles. The molecular formula is C32H43N3O6. The highest BCUT2D eigenvalue weighted by molar-refractivity contribution is 6.04. The van der Waals surface area contributed by atoms with Crippen LogP contribution in [0.4, 0.5) is 5.69 Å². The summed E-state index contributed by atoms with van der Waals surface area (Å²) in [5.41, 5.74) is -1.13. The summed E-state index contributed by atoms with van der Waals surface area (Å²) in [6.45, 7) is 12.8. The van der Waals surface area contributed by atoms with Gasteiger partial charge in [0.25, 0.3) is 0 Å². The molecule has 1 aromatic rings. The number of hydrogen-bond donors (Lipinski definition) is 1. The van der Waals surface area contributed by atoms with E-state index in [1.165, 1.54) is 0 Å². The smallest absolute Gasteiger partial charge is 0.249 e. The van der Waals surface area contributed by atoms with Gasteiger partial charge in [0.1, 0.15) is 17.4 Å². The van der Waals surface area contributed by atoms with E-state index < -0.39 is 41.2 Å². The number of fused-ring (bicyclic) bond motifs is 2. The second-order valence-corrected chi connectivity index (χ2v) is 12.9. The van der Waals surface area contributed by atoms with Gasteiger partial charge in [-0.1, -0.05) is 38.2 Å². The Morgan fingerprint density at radius 1 is 1.05 bits per heavy atom. The van der Waals surface area contributed by atoms with Crippen molar-refractivity contribution in [3.8, 4) is 5.75 Å². The maximum Gasteiger partial charge on any atom is 0.249 e. The fourth-order valence-electron chi connectivity index (χ4n) is 7.01. The van der Waals surface area contributed by atoms with E-state index >= 15 is 0 Å². The lowest BCUT2D eigenvalue weighted by molar-refractivity contribution is -0.153. The van der Waals surface area contributed by atoms with Gasteiger partial charge in [-0.25, -0.2) is 0 Å². The first kappa shape index (κ1) is 29.3. The lowest BCUT2D eigenvalue weighted by atomic mass is 9.77. The molecule has 1 aromatic carbocycles. The molecule has 4 aliphatic heterocycles. The van der Waals surface area contributed by atoms with Gasteiger partial charge in [-0.3, -0.25) is 14.4 Å². The Labute approximate surface area is 242 Å². The van der Waals surface area contributed by atoms with E-state index in [2.05, 4.69) is 0 Å². The number of rotatable bonds is 7. The highest BCUT2D eigenvalue weighted by Gasteiger charge is 2.72. The zero-order valence-electron chi connectivity index (χ0n) is 24.9. The molecule has 0 aromatic heterocycles. The van der Waals surface area contributed by atoms with Crippen LogP contribution < -0.4 is 9.64 Å². The molecule has 4 aliphatic rings. The topological polar surface area (TPSA) is 99.6 Å². The third-order valence-corrected chi connectivity index (χ3v) is 8.71. The van der Waals surface area contributed by atoms with E-state index in [1.54, 1.807) is 14.7 Å². The maximum atomic E-state index is 14.5. The van der Waals surface area contributed by atoms with Crippen molar-refractivity contribution in [1.29, 1.82) is 0 Å². The van der Waals surface area contributed by atoms with Gasteiger partial charge in [-0.05, 0) is 64.3 Å². The summed E-state index contributed by atoms with van der Waals surface area (Å²) in [6, 6.07) is 5.78. The Kier molecular flexibility index (Phi) is 7.80. The van der Waals surface area contributed by atoms with Crippen molar-refractivity contribution in [3.63, 3.8) is 0 Å². The first-order valence-electron chi connectivity index (χ1n) is 14.8. The molecule has 9 nitrogen and oxygen atoms in total. The standard InChI is InChI=1S/C32H43N3O6/c1-7-40-23-13-11-21(12-14-23)33-16-8-10-24-25(28(33)37)26-29(38)35(22(19-36)18-20(2)3)27-30(39)34(31(4,5)6)17-9-15-32(26,27)41-24/h8-15,20,22,24-27,36H,7,16-19H2,1-6H3/t22-,24+,25-,26+,27?,32+/m1/s1. The fourth-order valence-corrected chi connectivity index (χ4v) is 7.01. The zero-order valence-corrected chi connectivity index (χ0v) is 24.9. The van der Waals surface area contributed by atoms with Crippen molar-refractivity contribution in [3.05, 3.63) is 48.6 Å². The first-order chi connectivity index (χ1) is 19.4. The van der Waals surface area contributed by atoms with Crippen molar-refractivity contribution in [2.24, 2.45) is 17.8 Å². The average Bonchev–Trinajstić information content (AvgIpc) is 3.22. The normalized spacial score (nSPS) is 30.3. The van der Waals surface area contributed by atoms with Gasteiger partial charge in [0.05, 0.1) is 37.2 Å². The van der Waals surface area contributed by atoms with Crippen LogP contribution in [0.1, 0.15) is 48.0 Å². The molecule has 1 spiro atoms. The first-order valence-corrected chi connectivity index (χ1v) is 14.8. The summed E-state index contributed by atoms with van der Waals surface area (Å²) in [5, 5.41) is 10.5. The van der Waals surface area contributed by atoms with Crippen molar-refractivity contribution < 1.29 is 29.0 Å². The SMILES string of the molecule is CCOc1ccc(N2CC=C[C@@H]3O[C@]45C=CCN(C(C)(C)C)C(=O)C4N([C@@H](CO)CC(C)C)C(=O)[C@@H]5[C@@H]3C2=O)cc1. The average molecular weight is 566 g/mol. The minimum Gasteiger partial charge on any atom is -0.494 e. The molecular weight excluding hydrogens is 522 g/mol. The number of anilines is 1. The molecule has 2 saturated heterocycles. The lowest BCUT2D eigenvalue weighted by Gasteiger charge is -2.42. The van der Waals surface area contributed by atoms with Crippen LogP contribution in [0.15, 0.2) is 48.6 Å². The monoisotopic (exact) mass is 565 g/mol. The summed E-state index contributed by atoms with van der Waals surface area (Å²) in [7, 11) is 0. The highest BCUT2D eigenvalue weighted by atomic mass is 16.5. The second kappa shape index (κ2) is 10.9. The number of carbonyl (C=O) groups is 3. The Hall–Kier alpha value is -3.17. The maximum absolute atomic E-state index is 14.5. The number of aliphatic hydroxyl groups is 1. The van der Waals surface area contributed by atoms with Crippen LogP contribution in [0.5, 0.6) is 5.75 Å². The van der Waals surface area contributed by atoms with Crippen molar-refractivity contribution in [2.45, 2.75) is 77.3 Å². The van der Waals surface area contributed by atoms with E-state index in [9.17, 15) is 19.5 Å². The summed E-state index contributed by atoms with van der Waals surface area (Å²) in [6.07, 6.45) is 7.37. The number of benzene rings is 1. The minimum absolute atomic E-state index is 0.178. The third-order valence-electron chi connectivity index (χ3n) is 8.71. The van der Waals surface area contributed by atoms with Gasteiger partial charge in [-0.2, -0.15) is 0 Å². The molecule has 3 amide bonds. The predicted octanol–water partition coefficient (Wildman–Crippen LogP) is 3.17. The number of likely N-dealkylation sites (tertiary alicyclic amines) is 1. The molecule has 2 fully saturated rings. The Bertz CT molecular complexity index is 1230. The number of amides is 3. The van der Waals surface area contributed by atoms with Gasteiger partial charge >= 0.3 is 0 Å². The molecule has 0 bridgehead atoms. The van der Waals surface area contributed by atoms with Crippen LogP contribution in [0.25, 0.3) is 0 Å². The summed E-state index contributed by atoms with van der Waals surface area (Å²) < 4.78 is 12.3. The van der Waals surface area contributed by atoms with Gasteiger partial charge in [0, 0.05) is 24.3 Å². The van der Waals surface area contributed by atoms with E-state index in [0.29, 0.717) is 37.6 Å². The van der Waals surface area contributed by atoms with Gasteiger partial charge in [-0.15, -0.1) is 0 Å². The van der Waals surface area contributed by atoms with Crippen molar-refractivity contribution in [1.82, 2.24) is 9.80 Å². The lowest BCUT2D eigenvalue weighted by Crippen LogP contribution is -2.60. The summed E-state index contributed by atoms with van der Waals surface area (Å²) in [5.74, 6) is -1.59. The van der Waals surface area contributed by atoms with Crippen molar-refractivity contribution in [2.75, 3.05) is 31.2 Å². The second-order valence-electron chi connectivity index (χ2n) is 12.9. The van der Waals surface area contributed by atoms with Gasteiger partial charge in [0.15, 0.2) is 0 Å². The molecule has 41 heavy (non-hydrogen) atoms. The van der Waals surface area contributed by atoms with E-state index in [0.717, 1.165) is 0 Å². The van der Waals surface area contributed by atoms with Crippen LogP contribution in [0.2, 0.25) is 0 Å². The molecule has 4 heterocycles. The Balaban J connectivity index is 1.60. The number of nitrogens with zero attached hydrogens (tertiary/aromatic N) is 3. The van der Waals surface area contributed by atoms with E-state index in [-0.39, 0.29) is 30.2 Å². The fraction of sp³-hybridized carbons (Fsp3) is 0.594. The van der Waals surface area contributed by atoms with E-state index in [4.69, 9.17) is 9.47 Å². The van der Waals surface area contributed by atoms with Gasteiger partial charge in [0.2, 0.25) is 17.7 Å². The van der Waals surface area contributed by atoms with Crippen LogP contribution in [-0.2, 0) is 19.1 Å². The zero-order chi connectivity index (χ0) is 29.7. The number of ether oxygens (including phenoxy) is 2. The predicted molar refractivity (Wildman–Crippen MR) is 155 cm³/mol.